The topological polar surface area (TPSA) is 67.8 Å². The average molecular weight is 431 g/mol. The molecule has 0 radical (unpaired) electrons. The normalized spacial score (nSPS) is 15.1. The third-order valence-corrected chi connectivity index (χ3v) is 4.79. The van der Waals surface area contributed by atoms with Crippen LogP contribution in [0.1, 0.15) is 18.1 Å². The summed E-state index contributed by atoms with van der Waals surface area (Å²) in [5.74, 6) is 0.0123. The highest BCUT2D eigenvalue weighted by Crippen LogP contribution is 2.32. The Balaban J connectivity index is 1.80. The Bertz CT molecular complexity index is 910. The summed E-state index contributed by atoms with van der Waals surface area (Å²) in [7, 11) is 0. The van der Waals surface area contributed by atoms with Gasteiger partial charge < -0.3 is 10.1 Å². The molecule has 1 aliphatic heterocycles. The van der Waals surface area contributed by atoms with Gasteiger partial charge in [0.25, 0.3) is 5.91 Å². The lowest BCUT2D eigenvalue weighted by molar-refractivity contribution is -0.117. The van der Waals surface area contributed by atoms with Crippen molar-refractivity contribution in [2.24, 2.45) is 4.99 Å². The highest BCUT2D eigenvalue weighted by atomic mass is 79.9. The van der Waals surface area contributed by atoms with Gasteiger partial charge in [-0.25, -0.2) is 0 Å². The Morgan fingerprint density at radius 3 is 2.77 bits per heavy atom. The van der Waals surface area contributed by atoms with Crippen LogP contribution in [0.2, 0.25) is 0 Å². The second-order valence-electron chi connectivity index (χ2n) is 5.47. The second-order valence-corrected chi connectivity index (χ2v) is 7.42. The summed E-state index contributed by atoms with van der Waals surface area (Å²) in [6, 6.07) is 15.4. The van der Waals surface area contributed by atoms with Crippen molar-refractivity contribution in [3.63, 3.8) is 0 Å². The molecule has 0 unspecified atom stereocenters. The molecule has 3 rings (SSSR count). The first-order valence-corrected chi connectivity index (χ1v) is 9.38. The number of hydrogen-bond donors (Lipinski definition) is 1. The minimum atomic E-state index is -0.382. The van der Waals surface area contributed by atoms with E-state index in [2.05, 4.69) is 26.2 Å². The molecule has 0 bridgehead atoms. The highest BCUT2D eigenvalue weighted by Gasteiger charge is 2.23. The van der Waals surface area contributed by atoms with Crippen LogP contribution >= 0.6 is 27.7 Å². The molecule has 26 heavy (non-hydrogen) atoms. The van der Waals surface area contributed by atoms with Gasteiger partial charge >= 0.3 is 0 Å². The first-order chi connectivity index (χ1) is 12.5. The number of halogens is 1. The molecular weight excluding hydrogens is 416 g/mol. The summed E-state index contributed by atoms with van der Waals surface area (Å²) in [6.07, 6.45) is 1.72. The monoisotopic (exact) mass is 430 g/mol. The van der Waals surface area contributed by atoms with Crippen molar-refractivity contribution in [1.29, 1.82) is 0 Å². The van der Waals surface area contributed by atoms with Gasteiger partial charge in [-0.1, -0.05) is 46.3 Å². The quantitative estimate of drug-likeness (QED) is 0.740. The third kappa shape index (κ3) is 4.83. The van der Waals surface area contributed by atoms with Crippen molar-refractivity contribution in [2.45, 2.75) is 13.5 Å². The van der Waals surface area contributed by atoms with Crippen LogP contribution in [0, 0.1) is 0 Å². The molecule has 132 valence electrons. The first kappa shape index (κ1) is 18.4. The van der Waals surface area contributed by atoms with E-state index in [1.807, 2.05) is 48.5 Å². The summed E-state index contributed by atoms with van der Waals surface area (Å²) in [4.78, 5) is 27.5. The van der Waals surface area contributed by atoms with E-state index in [0.717, 1.165) is 27.4 Å². The van der Waals surface area contributed by atoms with E-state index >= 15 is 0 Å². The highest BCUT2D eigenvalue weighted by molar-refractivity contribution is 9.10. The van der Waals surface area contributed by atoms with Crippen LogP contribution in [0.25, 0.3) is 6.08 Å². The zero-order valence-electron chi connectivity index (χ0n) is 13.9. The summed E-state index contributed by atoms with van der Waals surface area (Å²) >= 11 is 4.57. The van der Waals surface area contributed by atoms with E-state index in [1.165, 1.54) is 6.92 Å². The number of hydrogen-bond acceptors (Lipinski definition) is 4. The van der Waals surface area contributed by atoms with E-state index < -0.39 is 0 Å². The van der Waals surface area contributed by atoms with Gasteiger partial charge in [0, 0.05) is 17.0 Å². The molecule has 7 heteroatoms. The van der Waals surface area contributed by atoms with Crippen LogP contribution < -0.4 is 10.1 Å². The number of nitrogens with one attached hydrogen (secondary N) is 1. The van der Waals surface area contributed by atoms with Crippen LogP contribution in [0.15, 0.2) is 62.9 Å². The van der Waals surface area contributed by atoms with E-state index in [4.69, 9.17) is 4.74 Å². The number of rotatable bonds is 4. The number of nitrogens with zero attached hydrogens (tertiary/aromatic N) is 1. The van der Waals surface area contributed by atoms with Crippen LogP contribution in [0.4, 0.5) is 0 Å². The molecule has 0 spiro atoms. The van der Waals surface area contributed by atoms with Crippen LogP contribution in [0.5, 0.6) is 5.75 Å². The first-order valence-electron chi connectivity index (χ1n) is 7.78. The lowest BCUT2D eigenvalue weighted by Gasteiger charge is -2.10. The molecule has 2 amide bonds. The Labute approximate surface area is 163 Å². The number of ether oxygens (including phenoxy) is 1. The minimum Gasteiger partial charge on any atom is -0.488 e. The van der Waals surface area contributed by atoms with E-state index in [0.29, 0.717) is 17.3 Å². The summed E-state index contributed by atoms with van der Waals surface area (Å²) < 4.78 is 6.79. The van der Waals surface area contributed by atoms with Gasteiger partial charge in [-0.15, -0.1) is 0 Å². The maximum Gasteiger partial charge on any atom is 0.286 e. The molecule has 1 N–H and O–H groups in total. The van der Waals surface area contributed by atoms with Gasteiger partial charge in [-0.2, -0.15) is 4.99 Å². The Morgan fingerprint density at radius 2 is 2.04 bits per heavy atom. The zero-order valence-corrected chi connectivity index (χ0v) is 16.3. The largest absolute Gasteiger partial charge is 0.488 e. The molecule has 0 fully saturated rings. The number of carbonyl (C=O) groups is 2. The SMILES string of the molecule is CC(=O)NC1=NC(=O)C(=Cc2cc(Br)ccc2OCc2ccccc2)S1. The molecule has 1 heterocycles. The van der Waals surface area contributed by atoms with Gasteiger partial charge in [0.1, 0.15) is 12.4 Å². The second kappa shape index (κ2) is 8.33. The number of carbonyl (C=O) groups excluding carboxylic acids is 2. The lowest BCUT2D eigenvalue weighted by Crippen LogP contribution is -2.23. The summed E-state index contributed by atoms with van der Waals surface area (Å²) in [5.41, 5.74) is 1.81. The lowest BCUT2D eigenvalue weighted by atomic mass is 10.2. The number of amides is 2. The smallest absolute Gasteiger partial charge is 0.286 e. The molecule has 1 aliphatic rings. The van der Waals surface area contributed by atoms with Crippen LogP contribution in [-0.2, 0) is 16.2 Å². The van der Waals surface area contributed by atoms with Crippen molar-refractivity contribution >= 4 is 50.7 Å². The van der Waals surface area contributed by atoms with Crippen LogP contribution in [0.3, 0.4) is 0 Å². The van der Waals surface area contributed by atoms with Crippen molar-refractivity contribution in [3.8, 4) is 5.75 Å². The van der Waals surface area contributed by atoms with Gasteiger partial charge in [0.2, 0.25) is 5.91 Å². The predicted octanol–water partition coefficient (Wildman–Crippen LogP) is 4.13. The van der Waals surface area contributed by atoms with Crippen LogP contribution in [-0.4, -0.2) is 17.0 Å². The number of aliphatic imine (C=N–C) groups is 1. The Hall–Kier alpha value is -2.38. The maximum absolute atomic E-state index is 12.1. The molecule has 2 aromatic rings. The molecule has 0 atom stereocenters. The fourth-order valence-corrected chi connectivity index (χ4v) is 3.48. The van der Waals surface area contributed by atoms with Crippen molar-refractivity contribution in [2.75, 3.05) is 0 Å². The predicted molar refractivity (Wildman–Crippen MR) is 107 cm³/mol. The number of thioether (sulfide) groups is 1. The molecule has 0 aromatic heterocycles. The van der Waals surface area contributed by atoms with Crippen molar-refractivity contribution < 1.29 is 14.3 Å². The average Bonchev–Trinajstić information content (AvgIpc) is 2.93. The fraction of sp³-hybridized carbons (Fsp3) is 0.105. The zero-order chi connectivity index (χ0) is 18.5. The van der Waals surface area contributed by atoms with Gasteiger partial charge in [0.15, 0.2) is 5.17 Å². The minimum absolute atomic E-state index is 0.264. The van der Waals surface area contributed by atoms with E-state index in [1.54, 1.807) is 6.08 Å². The molecule has 0 saturated carbocycles. The van der Waals surface area contributed by atoms with Crippen molar-refractivity contribution in [3.05, 3.63) is 69.0 Å². The van der Waals surface area contributed by atoms with Gasteiger partial charge in [-0.05, 0) is 41.6 Å². The van der Waals surface area contributed by atoms with Gasteiger partial charge in [0.05, 0.1) is 4.91 Å². The maximum atomic E-state index is 12.1. The molecule has 2 aromatic carbocycles. The molecular formula is C19H15BrN2O3S. The molecule has 0 aliphatic carbocycles. The summed E-state index contributed by atoms with van der Waals surface area (Å²) in [5, 5.41) is 2.82. The standard InChI is InChI=1S/C19H15BrN2O3S/c1-12(23)21-19-22-18(24)17(26-19)10-14-9-15(20)7-8-16(14)25-11-13-5-3-2-4-6-13/h2-10H,11H2,1H3,(H,21,22,23,24). The van der Waals surface area contributed by atoms with Crippen molar-refractivity contribution in [1.82, 2.24) is 5.32 Å². The Morgan fingerprint density at radius 1 is 1.27 bits per heavy atom. The number of benzene rings is 2. The summed E-state index contributed by atoms with van der Waals surface area (Å²) in [6.45, 7) is 1.80. The van der Waals surface area contributed by atoms with E-state index in [-0.39, 0.29) is 17.0 Å². The van der Waals surface area contributed by atoms with E-state index in [9.17, 15) is 9.59 Å². The third-order valence-electron chi connectivity index (χ3n) is 3.40. The fourth-order valence-electron chi connectivity index (χ4n) is 2.25. The molecule has 0 saturated heterocycles. The number of amidine groups is 1. The molecule has 5 nitrogen and oxygen atoms in total. The Kier molecular flexibility index (Phi) is 5.90. The van der Waals surface area contributed by atoms with Gasteiger partial charge in [-0.3, -0.25) is 9.59 Å².